The van der Waals surface area contributed by atoms with Crippen LogP contribution >= 0.6 is 0 Å². The first-order valence-corrected chi connectivity index (χ1v) is 11.8. The van der Waals surface area contributed by atoms with Crippen molar-refractivity contribution in [3.63, 3.8) is 0 Å². The van der Waals surface area contributed by atoms with Crippen molar-refractivity contribution in [3.05, 3.63) is 69.8 Å². The number of aromatic nitrogens is 2. The molecule has 0 bridgehead atoms. The average molecular weight is 451 g/mol. The van der Waals surface area contributed by atoms with E-state index in [-0.39, 0.29) is 16.3 Å². The maximum atomic E-state index is 13.0. The number of hydrogen-bond acceptors (Lipinski definition) is 6. The van der Waals surface area contributed by atoms with Gasteiger partial charge in [0.1, 0.15) is 5.82 Å². The van der Waals surface area contributed by atoms with Crippen LogP contribution in [0, 0.1) is 18.3 Å². The lowest BCUT2D eigenvalue weighted by molar-refractivity contribution is 0.0976. The molecule has 0 amide bonds. The van der Waals surface area contributed by atoms with Crippen molar-refractivity contribution in [1.82, 2.24) is 14.3 Å². The Balaban J connectivity index is 1.63. The molecule has 164 valence electrons. The van der Waals surface area contributed by atoms with Crippen molar-refractivity contribution in [2.45, 2.75) is 37.0 Å². The number of Topliss-reactive ketones (excluding diaryl/α,β-unsaturated/α-hetero) is 1. The summed E-state index contributed by atoms with van der Waals surface area (Å²) in [6.45, 7) is 2.82. The average Bonchev–Trinajstić information content (AvgIpc) is 2.80. The molecule has 4 rings (SSSR count). The summed E-state index contributed by atoms with van der Waals surface area (Å²) < 4.78 is 27.1. The third kappa shape index (κ3) is 4.07. The maximum Gasteiger partial charge on any atom is 0.258 e. The molecule has 2 heterocycles. The summed E-state index contributed by atoms with van der Waals surface area (Å²) in [6, 6.07) is 12.6. The fourth-order valence-corrected chi connectivity index (χ4v) is 5.38. The number of benzene rings is 2. The van der Waals surface area contributed by atoms with Crippen molar-refractivity contribution in [1.29, 1.82) is 5.26 Å². The number of H-pyrrole nitrogens is 1. The molecule has 9 heteroatoms. The van der Waals surface area contributed by atoms with Gasteiger partial charge in [-0.3, -0.25) is 9.59 Å². The van der Waals surface area contributed by atoms with Crippen molar-refractivity contribution < 1.29 is 13.2 Å². The van der Waals surface area contributed by atoms with Crippen molar-refractivity contribution >= 4 is 26.7 Å². The zero-order valence-electron chi connectivity index (χ0n) is 17.5. The summed E-state index contributed by atoms with van der Waals surface area (Å²) in [5.74, 6) is -1.93. The third-order valence-corrected chi connectivity index (χ3v) is 7.55. The number of aryl methyl sites for hydroxylation is 1. The number of nitrogens with zero attached hydrogens (tertiary/aromatic N) is 3. The Morgan fingerprint density at radius 1 is 1.12 bits per heavy atom. The molecule has 2 aromatic carbocycles. The van der Waals surface area contributed by atoms with Gasteiger partial charge in [-0.25, -0.2) is 13.4 Å². The molecule has 1 aliphatic rings. The molecule has 32 heavy (non-hydrogen) atoms. The molecular formula is C23H22N4O4S. The molecule has 0 aliphatic carbocycles. The zero-order chi connectivity index (χ0) is 22.9. The molecule has 3 aromatic rings. The number of nitriles is 1. The van der Waals surface area contributed by atoms with E-state index in [4.69, 9.17) is 0 Å². The van der Waals surface area contributed by atoms with Crippen LogP contribution < -0.4 is 5.56 Å². The van der Waals surface area contributed by atoms with Crippen molar-refractivity contribution in [2.75, 3.05) is 13.1 Å². The van der Waals surface area contributed by atoms with E-state index in [2.05, 4.69) is 9.97 Å². The number of ketones is 1. The standard InChI is InChI=1S/C23H22N4O4S/c1-15-5-10-20-18(13-15)23(29)26-22(25-20)19(14-24)21(28)16-6-8-17(9-7-16)32(30,31)27-11-3-2-4-12-27/h5-10,13,19H,2-4,11-12H2,1H3,(H,25,26,29)/t19-/m0/s1. The van der Waals surface area contributed by atoms with Gasteiger partial charge in [0.15, 0.2) is 11.7 Å². The Labute approximate surface area is 185 Å². The van der Waals surface area contributed by atoms with Crippen molar-refractivity contribution in [3.8, 4) is 6.07 Å². The molecule has 1 saturated heterocycles. The van der Waals surface area contributed by atoms with Gasteiger partial charge in [0.25, 0.3) is 5.56 Å². The van der Waals surface area contributed by atoms with Gasteiger partial charge < -0.3 is 4.98 Å². The maximum absolute atomic E-state index is 13.0. The second-order valence-corrected chi connectivity index (χ2v) is 9.83. The number of hydrogen-bond donors (Lipinski definition) is 1. The molecule has 1 fully saturated rings. The molecule has 1 aliphatic heterocycles. The largest absolute Gasteiger partial charge is 0.308 e. The quantitative estimate of drug-likeness (QED) is 0.596. The summed E-state index contributed by atoms with van der Waals surface area (Å²) in [5.41, 5.74) is 1.03. The number of carbonyl (C=O) groups is 1. The minimum Gasteiger partial charge on any atom is -0.308 e. The van der Waals surface area contributed by atoms with Crippen LogP contribution in [-0.4, -0.2) is 41.6 Å². The molecule has 1 aromatic heterocycles. The Morgan fingerprint density at radius 2 is 1.81 bits per heavy atom. The topological polar surface area (TPSA) is 124 Å². The Bertz CT molecular complexity index is 1380. The van der Waals surface area contributed by atoms with Gasteiger partial charge in [-0.15, -0.1) is 0 Å². The SMILES string of the molecule is Cc1ccc2nc([C@@H](C#N)C(=O)c3ccc(S(=O)(=O)N4CCCCC4)cc3)[nH]c(=O)c2c1. The lowest BCUT2D eigenvalue weighted by Gasteiger charge is -2.25. The van der Waals surface area contributed by atoms with Crippen LogP contribution in [0.3, 0.4) is 0 Å². The lowest BCUT2D eigenvalue weighted by Crippen LogP contribution is -2.35. The van der Waals surface area contributed by atoms with E-state index in [1.54, 1.807) is 18.2 Å². The van der Waals surface area contributed by atoms with Gasteiger partial charge in [0.05, 0.1) is 21.9 Å². The van der Waals surface area contributed by atoms with Gasteiger partial charge in [-0.2, -0.15) is 9.57 Å². The number of carbonyl (C=O) groups excluding carboxylic acids is 1. The van der Waals surface area contributed by atoms with Crippen LogP contribution in [0.2, 0.25) is 0 Å². The molecule has 1 N–H and O–H groups in total. The highest BCUT2D eigenvalue weighted by atomic mass is 32.2. The van der Waals surface area contributed by atoms with Gasteiger partial charge >= 0.3 is 0 Å². The van der Waals surface area contributed by atoms with Crippen LogP contribution in [0.4, 0.5) is 0 Å². The van der Waals surface area contributed by atoms with Crippen LogP contribution in [0.1, 0.15) is 46.9 Å². The number of nitrogens with one attached hydrogen (secondary N) is 1. The summed E-state index contributed by atoms with van der Waals surface area (Å²) >= 11 is 0. The minimum absolute atomic E-state index is 0.0381. The summed E-state index contributed by atoms with van der Waals surface area (Å²) in [7, 11) is -3.62. The zero-order valence-corrected chi connectivity index (χ0v) is 18.4. The van der Waals surface area contributed by atoms with Crippen molar-refractivity contribution in [2.24, 2.45) is 0 Å². The first kappa shape index (κ1) is 21.9. The second kappa shape index (κ2) is 8.65. The van der Waals surface area contributed by atoms with Gasteiger partial charge in [0.2, 0.25) is 10.0 Å². The summed E-state index contributed by atoms with van der Waals surface area (Å²) in [5, 5.41) is 10.0. The molecule has 1 atom stereocenters. The second-order valence-electron chi connectivity index (χ2n) is 7.89. The van der Waals surface area contributed by atoms with Gasteiger partial charge in [0, 0.05) is 18.7 Å². The Hall–Kier alpha value is -3.35. The molecule has 8 nitrogen and oxygen atoms in total. The molecule has 0 saturated carbocycles. The number of sulfonamides is 1. The molecular weight excluding hydrogens is 428 g/mol. The van der Waals surface area contributed by atoms with Gasteiger partial charge in [-0.1, -0.05) is 30.2 Å². The van der Waals surface area contributed by atoms with E-state index >= 15 is 0 Å². The van der Waals surface area contributed by atoms with Crippen LogP contribution in [0.15, 0.2) is 52.2 Å². The monoisotopic (exact) mass is 450 g/mol. The summed E-state index contributed by atoms with van der Waals surface area (Å²) in [6.07, 6.45) is 2.67. The van der Waals surface area contributed by atoms with Crippen LogP contribution in [0.5, 0.6) is 0 Å². The molecule has 0 unspecified atom stereocenters. The predicted octanol–water partition coefficient (Wildman–Crippen LogP) is 2.90. The van der Waals surface area contributed by atoms with E-state index in [0.717, 1.165) is 24.8 Å². The number of fused-ring (bicyclic) bond motifs is 1. The fraction of sp³-hybridized carbons (Fsp3) is 0.304. The highest BCUT2D eigenvalue weighted by Gasteiger charge is 2.28. The van der Waals surface area contributed by atoms with E-state index in [1.165, 1.54) is 28.6 Å². The third-order valence-electron chi connectivity index (χ3n) is 5.64. The molecule has 0 radical (unpaired) electrons. The van der Waals surface area contributed by atoms with E-state index in [1.807, 2.05) is 13.0 Å². The minimum atomic E-state index is -3.62. The Kier molecular flexibility index (Phi) is 5.91. The first-order valence-electron chi connectivity index (χ1n) is 10.4. The number of rotatable bonds is 5. The normalized spacial score (nSPS) is 15.9. The highest BCUT2D eigenvalue weighted by Crippen LogP contribution is 2.23. The first-order chi connectivity index (χ1) is 15.3. The number of aromatic amines is 1. The summed E-state index contributed by atoms with van der Waals surface area (Å²) in [4.78, 5) is 32.4. The number of piperidine rings is 1. The van der Waals surface area contributed by atoms with Crippen LogP contribution in [0.25, 0.3) is 10.9 Å². The van der Waals surface area contributed by atoms with Gasteiger partial charge in [-0.05, 0) is 44.0 Å². The lowest BCUT2D eigenvalue weighted by atomic mass is 9.98. The van der Waals surface area contributed by atoms with Crippen LogP contribution in [-0.2, 0) is 10.0 Å². The van der Waals surface area contributed by atoms with E-state index in [0.29, 0.717) is 24.0 Å². The van der Waals surface area contributed by atoms with E-state index in [9.17, 15) is 23.3 Å². The predicted molar refractivity (Wildman–Crippen MR) is 119 cm³/mol. The Morgan fingerprint density at radius 3 is 2.47 bits per heavy atom. The smallest absolute Gasteiger partial charge is 0.258 e. The molecule has 0 spiro atoms. The highest BCUT2D eigenvalue weighted by molar-refractivity contribution is 7.89. The van der Waals surface area contributed by atoms with E-state index < -0.39 is 27.3 Å². The fourth-order valence-electron chi connectivity index (χ4n) is 3.86.